The van der Waals surface area contributed by atoms with Gasteiger partial charge in [-0.1, -0.05) is 6.07 Å². The summed E-state index contributed by atoms with van der Waals surface area (Å²) in [5.41, 5.74) is 3.67. The highest BCUT2D eigenvalue weighted by Crippen LogP contribution is 2.31. The molecule has 0 atom stereocenters. The highest BCUT2D eigenvalue weighted by molar-refractivity contribution is 7.13. The van der Waals surface area contributed by atoms with Gasteiger partial charge in [-0.3, -0.25) is 9.30 Å². The number of nitrogens with zero attached hydrogens (tertiary/aromatic N) is 5. The van der Waals surface area contributed by atoms with Crippen molar-refractivity contribution in [1.82, 2.24) is 29.2 Å². The highest BCUT2D eigenvalue weighted by Gasteiger charge is 2.15. The fourth-order valence-corrected chi connectivity index (χ4v) is 4.73. The van der Waals surface area contributed by atoms with Crippen LogP contribution in [0.5, 0.6) is 5.88 Å². The van der Waals surface area contributed by atoms with Crippen molar-refractivity contribution in [2.75, 3.05) is 31.6 Å². The Balaban J connectivity index is 1.28. The van der Waals surface area contributed by atoms with Crippen LogP contribution in [-0.2, 0) is 11.3 Å². The molecule has 1 saturated heterocycles. The second kappa shape index (κ2) is 7.90. The van der Waals surface area contributed by atoms with Gasteiger partial charge in [-0.25, -0.2) is 15.0 Å². The molecule has 1 fully saturated rings. The first-order chi connectivity index (χ1) is 15.7. The van der Waals surface area contributed by atoms with Crippen molar-refractivity contribution >= 4 is 38.7 Å². The van der Waals surface area contributed by atoms with Crippen LogP contribution in [0.15, 0.2) is 48.4 Å². The van der Waals surface area contributed by atoms with Crippen LogP contribution in [0.2, 0.25) is 0 Å². The number of ether oxygens (including phenoxy) is 1. The summed E-state index contributed by atoms with van der Waals surface area (Å²) < 4.78 is 7.42. The lowest BCUT2D eigenvalue weighted by molar-refractivity contribution is 0.0337. The predicted molar refractivity (Wildman–Crippen MR) is 123 cm³/mol. The molecule has 9 nitrogen and oxygen atoms in total. The van der Waals surface area contributed by atoms with Crippen LogP contribution in [0.1, 0.15) is 5.69 Å². The molecule has 0 radical (unpaired) electrons. The fraction of sp³-hybridized carbons (Fsp3) is 0.227. The molecule has 1 aliphatic rings. The molecule has 1 aromatic carbocycles. The number of fused-ring (bicyclic) bond motifs is 2. The maximum absolute atomic E-state index is 9.88. The number of rotatable bonds is 5. The summed E-state index contributed by atoms with van der Waals surface area (Å²) in [7, 11) is 0. The number of hydrogen-bond acceptors (Lipinski definition) is 8. The minimum atomic E-state index is 0.174. The average Bonchev–Trinajstić information content (AvgIpc) is 3.56. The predicted octanol–water partition coefficient (Wildman–Crippen LogP) is 3.62. The number of aromatic nitrogens is 5. The minimum Gasteiger partial charge on any atom is -0.494 e. The Morgan fingerprint density at radius 2 is 2.12 bits per heavy atom. The van der Waals surface area contributed by atoms with Gasteiger partial charge in [0.05, 0.1) is 30.8 Å². The van der Waals surface area contributed by atoms with Crippen LogP contribution >= 0.6 is 11.3 Å². The normalized spacial score (nSPS) is 15.0. The summed E-state index contributed by atoms with van der Waals surface area (Å²) in [6, 6.07) is 5.89. The van der Waals surface area contributed by atoms with Gasteiger partial charge >= 0.3 is 0 Å². The monoisotopic (exact) mass is 447 g/mol. The first-order valence-corrected chi connectivity index (χ1v) is 11.3. The highest BCUT2D eigenvalue weighted by atomic mass is 32.1. The molecule has 0 amide bonds. The zero-order valence-electron chi connectivity index (χ0n) is 17.2. The van der Waals surface area contributed by atoms with Gasteiger partial charge in [0.1, 0.15) is 0 Å². The Hall–Kier alpha value is -3.47. The van der Waals surface area contributed by atoms with E-state index >= 15 is 0 Å². The Morgan fingerprint density at radius 1 is 1.22 bits per heavy atom. The SMILES string of the molecule is Oc1[nH]cc2cc(-c3cnc(Nc4nc(CN5CCOCC5)cs4)c4nccn34)ccc12. The van der Waals surface area contributed by atoms with Crippen LogP contribution in [0.3, 0.4) is 0 Å². The number of benzene rings is 1. The molecule has 10 heteroatoms. The van der Waals surface area contributed by atoms with Gasteiger partial charge in [0.25, 0.3) is 0 Å². The summed E-state index contributed by atoms with van der Waals surface area (Å²) in [5, 5.41) is 17.8. The van der Waals surface area contributed by atoms with Gasteiger partial charge in [-0.2, -0.15) is 0 Å². The molecule has 6 rings (SSSR count). The van der Waals surface area contributed by atoms with E-state index in [0.717, 1.165) is 71.4 Å². The van der Waals surface area contributed by atoms with E-state index in [1.54, 1.807) is 23.7 Å². The maximum atomic E-state index is 9.88. The van der Waals surface area contributed by atoms with Crippen molar-refractivity contribution in [3.63, 3.8) is 0 Å². The van der Waals surface area contributed by atoms with Crippen molar-refractivity contribution in [2.45, 2.75) is 6.54 Å². The van der Waals surface area contributed by atoms with E-state index in [1.807, 2.05) is 35.0 Å². The van der Waals surface area contributed by atoms with Crippen LogP contribution in [0.25, 0.3) is 27.7 Å². The molecule has 32 heavy (non-hydrogen) atoms. The van der Waals surface area contributed by atoms with E-state index in [1.165, 1.54) is 0 Å². The number of thiazole rings is 1. The van der Waals surface area contributed by atoms with E-state index in [2.05, 4.69) is 30.5 Å². The van der Waals surface area contributed by atoms with Gasteiger partial charge in [-0.15, -0.1) is 11.3 Å². The number of anilines is 2. The molecule has 0 unspecified atom stereocenters. The third-order valence-corrected chi connectivity index (χ3v) is 6.47. The van der Waals surface area contributed by atoms with Crippen LogP contribution < -0.4 is 5.32 Å². The number of aromatic hydroxyl groups is 1. The molecule has 0 bridgehead atoms. The van der Waals surface area contributed by atoms with Crippen molar-refractivity contribution in [2.24, 2.45) is 0 Å². The quantitative estimate of drug-likeness (QED) is 0.378. The molecular formula is C22H21N7O2S. The molecule has 0 aliphatic carbocycles. The average molecular weight is 448 g/mol. The molecule has 0 spiro atoms. The number of hydrogen-bond donors (Lipinski definition) is 3. The molecule has 5 aromatic rings. The molecule has 162 valence electrons. The maximum Gasteiger partial charge on any atom is 0.196 e. The smallest absolute Gasteiger partial charge is 0.196 e. The molecular weight excluding hydrogens is 426 g/mol. The molecule has 4 aromatic heterocycles. The van der Waals surface area contributed by atoms with Crippen molar-refractivity contribution < 1.29 is 9.84 Å². The molecule has 3 N–H and O–H groups in total. The summed E-state index contributed by atoms with van der Waals surface area (Å²) >= 11 is 1.56. The lowest BCUT2D eigenvalue weighted by Gasteiger charge is -2.25. The second-order valence-corrected chi connectivity index (χ2v) is 8.57. The summed E-state index contributed by atoms with van der Waals surface area (Å²) in [5.74, 6) is 0.833. The van der Waals surface area contributed by atoms with Crippen LogP contribution in [0.4, 0.5) is 10.9 Å². The number of morpholine rings is 1. The van der Waals surface area contributed by atoms with Gasteiger partial charge in [-0.05, 0) is 12.1 Å². The van der Waals surface area contributed by atoms with E-state index < -0.39 is 0 Å². The van der Waals surface area contributed by atoms with E-state index in [9.17, 15) is 5.11 Å². The summed E-state index contributed by atoms with van der Waals surface area (Å²) in [4.78, 5) is 19.1. The standard InChI is InChI=1S/C22H21N7O2S/c30-21-17-2-1-14(9-15(17)10-25-21)18-11-24-19(20-23-3-4-29(18)20)27-22-26-16(13-32-22)12-28-5-7-31-8-6-28/h1-4,9-11,13,25,30H,5-8,12H2,(H,24,26,27). The zero-order chi connectivity index (χ0) is 21.5. The van der Waals surface area contributed by atoms with Crippen molar-refractivity contribution in [3.8, 4) is 17.1 Å². The van der Waals surface area contributed by atoms with Crippen LogP contribution in [-0.4, -0.2) is 60.6 Å². The Kier molecular flexibility index (Phi) is 4.75. The van der Waals surface area contributed by atoms with Gasteiger partial charge in [0.15, 0.2) is 22.5 Å². The summed E-state index contributed by atoms with van der Waals surface area (Å²) in [6.45, 7) is 4.26. The topological polar surface area (TPSA) is 104 Å². The Bertz CT molecular complexity index is 1400. The molecule has 5 heterocycles. The van der Waals surface area contributed by atoms with Gasteiger partial charge in [0.2, 0.25) is 0 Å². The molecule has 1 aliphatic heterocycles. The summed E-state index contributed by atoms with van der Waals surface area (Å²) in [6.07, 6.45) is 7.30. The third-order valence-electron chi connectivity index (χ3n) is 5.66. The fourth-order valence-electron chi connectivity index (χ4n) is 4.03. The lowest BCUT2D eigenvalue weighted by atomic mass is 10.1. The van der Waals surface area contributed by atoms with E-state index in [0.29, 0.717) is 5.82 Å². The number of nitrogens with one attached hydrogen (secondary N) is 2. The number of H-pyrrole nitrogens is 1. The number of imidazole rings is 1. The van der Waals surface area contributed by atoms with Crippen molar-refractivity contribution in [1.29, 1.82) is 0 Å². The third kappa shape index (κ3) is 3.48. The molecule has 0 saturated carbocycles. The Labute approximate surface area is 187 Å². The first kappa shape index (κ1) is 19.2. The van der Waals surface area contributed by atoms with Crippen molar-refractivity contribution in [3.05, 3.63) is 54.1 Å². The minimum absolute atomic E-state index is 0.174. The van der Waals surface area contributed by atoms with E-state index in [-0.39, 0.29) is 5.88 Å². The first-order valence-electron chi connectivity index (χ1n) is 10.4. The largest absolute Gasteiger partial charge is 0.494 e. The number of aromatic amines is 1. The second-order valence-electron chi connectivity index (χ2n) is 7.71. The van der Waals surface area contributed by atoms with Gasteiger partial charge in [0, 0.05) is 59.9 Å². The lowest BCUT2D eigenvalue weighted by Crippen LogP contribution is -2.35. The van der Waals surface area contributed by atoms with Crippen LogP contribution in [0, 0.1) is 0 Å². The van der Waals surface area contributed by atoms with E-state index in [4.69, 9.17) is 9.72 Å². The Morgan fingerprint density at radius 3 is 3.03 bits per heavy atom. The van der Waals surface area contributed by atoms with Gasteiger partial charge < -0.3 is 20.1 Å². The zero-order valence-corrected chi connectivity index (χ0v) is 18.0.